The van der Waals surface area contributed by atoms with Crippen LogP contribution in [0.3, 0.4) is 0 Å². The van der Waals surface area contributed by atoms with Gasteiger partial charge in [-0.15, -0.1) is 0 Å². The van der Waals surface area contributed by atoms with Crippen molar-refractivity contribution in [3.63, 3.8) is 0 Å². The summed E-state index contributed by atoms with van der Waals surface area (Å²) in [5, 5.41) is 4.05. The fourth-order valence-corrected chi connectivity index (χ4v) is 2.70. The van der Waals surface area contributed by atoms with E-state index in [2.05, 4.69) is 10.5 Å². The number of hydrogen-bond acceptors (Lipinski definition) is 4. The smallest absolute Gasteiger partial charge is 0.273 e. The van der Waals surface area contributed by atoms with Crippen LogP contribution in [0.15, 0.2) is 53.6 Å². The Hall–Kier alpha value is -2.66. The second-order valence-corrected chi connectivity index (χ2v) is 5.92. The SMILES string of the molecule is CN(C)c1ccc(/C=N\NC(=O)C2OCCc3ccccc32)cc1. The molecule has 0 fully saturated rings. The molecule has 1 N–H and O–H groups in total. The standard InChI is InChI=1S/C19H21N3O2/c1-22(2)16-9-7-14(8-10-16)13-20-21-19(23)18-17-6-4-3-5-15(17)11-12-24-18/h3-10,13,18H,11-12H2,1-2H3,(H,21,23)/b20-13-. The summed E-state index contributed by atoms with van der Waals surface area (Å²) < 4.78 is 5.62. The lowest BCUT2D eigenvalue weighted by molar-refractivity contribution is -0.134. The highest BCUT2D eigenvalue weighted by atomic mass is 16.5. The summed E-state index contributed by atoms with van der Waals surface area (Å²) in [6.45, 7) is 0.546. The normalized spacial score (nSPS) is 16.7. The molecule has 2 aromatic rings. The second-order valence-electron chi connectivity index (χ2n) is 5.92. The van der Waals surface area contributed by atoms with Gasteiger partial charge in [0.2, 0.25) is 0 Å². The molecule has 1 aliphatic rings. The summed E-state index contributed by atoms with van der Waals surface area (Å²) in [7, 11) is 3.98. The van der Waals surface area contributed by atoms with Crippen molar-refractivity contribution in [1.82, 2.24) is 5.43 Å². The van der Waals surface area contributed by atoms with Crippen LogP contribution in [-0.4, -0.2) is 32.8 Å². The van der Waals surface area contributed by atoms with Gasteiger partial charge >= 0.3 is 0 Å². The quantitative estimate of drug-likeness (QED) is 0.695. The number of benzene rings is 2. The molecule has 5 nitrogen and oxygen atoms in total. The number of amides is 1. The van der Waals surface area contributed by atoms with E-state index in [0.29, 0.717) is 6.61 Å². The number of rotatable bonds is 4. The van der Waals surface area contributed by atoms with Crippen molar-refractivity contribution in [2.45, 2.75) is 12.5 Å². The third kappa shape index (κ3) is 3.63. The fraction of sp³-hybridized carbons (Fsp3) is 0.263. The van der Waals surface area contributed by atoms with Crippen molar-refractivity contribution in [3.8, 4) is 0 Å². The molecule has 1 amide bonds. The second kappa shape index (κ2) is 7.27. The number of carbonyl (C=O) groups is 1. The topological polar surface area (TPSA) is 53.9 Å². The van der Waals surface area contributed by atoms with Crippen molar-refractivity contribution >= 4 is 17.8 Å². The van der Waals surface area contributed by atoms with Gasteiger partial charge in [-0.3, -0.25) is 4.79 Å². The minimum atomic E-state index is -0.594. The van der Waals surface area contributed by atoms with E-state index in [1.54, 1.807) is 6.21 Å². The fourth-order valence-electron chi connectivity index (χ4n) is 2.70. The van der Waals surface area contributed by atoms with Crippen LogP contribution in [0.2, 0.25) is 0 Å². The van der Waals surface area contributed by atoms with Crippen LogP contribution in [0, 0.1) is 0 Å². The van der Waals surface area contributed by atoms with E-state index >= 15 is 0 Å². The molecule has 1 heterocycles. The van der Waals surface area contributed by atoms with Gasteiger partial charge in [0.25, 0.3) is 5.91 Å². The Bertz CT molecular complexity index is 739. The van der Waals surface area contributed by atoms with E-state index in [1.807, 2.05) is 67.5 Å². The maximum absolute atomic E-state index is 12.3. The van der Waals surface area contributed by atoms with Gasteiger partial charge in [0, 0.05) is 19.8 Å². The Kier molecular flexibility index (Phi) is 4.91. The van der Waals surface area contributed by atoms with Gasteiger partial charge in [0.15, 0.2) is 6.10 Å². The van der Waals surface area contributed by atoms with Gasteiger partial charge in [-0.1, -0.05) is 36.4 Å². The predicted octanol–water partition coefficient (Wildman–Crippen LogP) is 2.52. The van der Waals surface area contributed by atoms with E-state index in [-0.39, 0.29) is 5.91 Å². The first-order chi connectivity index (χ1) is 11.6. The highest BCUT2D eigenvalue weighted by Gasteiger charge is 2.26. The van der Waals surface area contributed by atoms with Crippen molar-refractivity contribution in [3.05, 3.63) is 65.2 Å². The Morgan fingerprint density at radius 1 is 1.21 bits per heavy atom. The highest BCUT2D eigenvalue weighted by molar-refractivity contribution is 5.85. The van der Waals surface area contributed by atoms with E-state index in [1.165, 1.54) is 0 Å². The molecular weight excluding hydrogens is 302 g/mol. The van der Waals surface area contributed by atoms with Crippen LogP contribution >= 0.6 is 0 Å². The van der Waals surface area contributed by atoms with Gasteiger partial charge in [-0.05, 0) is 35.2 Å². The molecular formula is C19H21N3O2. The Labute approximate surface area is 141 Å². The summed E-state index contributed by atoms with van der Waals surface area (Å²) in [4.78, 5) is 14.4. The van der Waals surface area contributed by atoms with E-state index in [4.69, 9.17) is 4.74 Å². The molecule has 0 spiro atoms. The summed E-state index contributed by atoms with van der Waals surface area (Å²) in [6.07, 6.45) is 1.87. The minimum absolute atomic E-state index is 0.247. The third-order valence-corrected chi connectivity index (χ3v) is 4.03. The zero-order chi connectivity index (χ0) is 16.9. The Morgan fingerprint density at radius 3 is 2.71 bits per heavy atom. The lowest BCUT2D eigenvalue weighted by Crippen LogP contribution is -2.31. The molecule has 1 atom stereocenters. The molecule has 2 aromatic carbocycles. The van der Waals surface area contributed by atoms with Crippen LogP contribution in [0.25, 0.3) is 0 Å². The van der Waals surface area contributed by atoms with Crippen LogP contribution in [-0.2, 0) is 16.0 Å². The molecule has 124 valence electrons. The zero-order valence-electron chi connectivity index (χ0n) is 13.9. The molecule has 1 unspecified atom stereocenters. The molecule has 0 saturated carbocycles. The van der Waals surface area contributed by atoms with Crippen LogP contribution in [0.4, 0.5) is 5.69 Å². The predicted molar refractivity (Wildman–Crippen MR) is 95.3 cm³/mol. The molecule has 24 heavy (non-hydrogen) atoms. The summed E-state index contributed by atoms with van der Waals surface area (Å²) in [6, 6.07) is 15.8. The van der Waals surface area contributed by atoms with E-state index in [9.17, 15) is 4.79 Å². The third-order valence-electron chi connectivity index (χ3n) is 4.03. The largest absolute Gasteiger partial charge is 0.378 e. The molecule has 5 heteroatoms. The van der Waals surface area contributed by atoms with Gasteiger partial charge in [-0.25, -0.2) is 5.43 Å². The molecule has 3 rings (SSSR count). The molecule has 0 saturated heterocycles. The lowest BCUT2D eigenvalue weighted by atomic mass is 9.97. The Morgan fingerprint density at radius 2 is 1.96 bits per heavy atom. The number of hydrazone groups is 1. The summed E-state index contributed by atoms with van der Waals surface area (Å²) in [5.41, 5.74) is 6.69. The van der Waals surface area contributed by atoms with Crippen LogP contribution < -0.4 is 10.3 Å². The van der Waals surface area contributed by atoms with Gasteiger partial charge < -0.3 is 9.64 Å². The number of fused-ring (bicyclic) bond motifs is 1. The first kappa shape index (κ1) is 16.2. The van der Waals surface area contributed by atoms with Crippen molar-refractivity contribution in [1.29, 1.82) is 0 Å². The first-order valence-corrected chi connectivity index (χ1v) is 7.95. The molecule has 0 aromatic heterocycles. The van der Waals surface area contributed by atoms with Crippen molar-refractivity contribution in [2.75, 3.05) is 25.6 Å². The number of nitrogens with one attached hydrogen (secondary N) is 1. The van der Waals surface area contributed by atoms with Crippen LogP contribution in [0.1, 0.15) is 22.8 Å². The van der Waals surface area contributed by atoms with Crippen LogP contribution in [0.5, 0.6) is 0 Å². The molecule has 1 aliphatic heterocycles. The number of anilines is 1. The molecule has 0 radical (unpaired) electrons. The number of hydrogen-bond donors (Lipinski definition) is 1. The Balaban J connectivity index is 1.63. The maximum atomic E-state index is 12.3. The number of carbonyl (C=O) groups excluding carboxylic acids is 1. The summed E-state index contributed by atoms with van der Waals surface area (Å²) >= 11 is 0. The molecule has 0 aliphatic carbocycles. The van der Waals surface area contributed by atoms with Crippen molar-refractivity contribution < 1.29 is 9.53 Å². The number of nitrogens with zero attached hydrogens (tertiary/aromatic N) is 2. The van der Waals surface area contributed by atoms with Gasteiger partial charge in [-0.2, -0.15) is 5.10 Å². The number of ether oxygens (including phenoxy) is 1. The molecule has 0 bridgehead atoms. The maximum Gasteiger partial charge on any atom is 0.273 e. The van der Waals surface area contributed by atoms with Gasteiger partial charge in [0.1, 0.15) is 0 Å². The van der Waals surface area contributed by atoms with E-state index in [0.717, 1.165) is 28.8 Å². The monoisotopic (exact) mass is 323 g/mol. The minimum Gasteiger partial charge on any atom is -0.378 e. The van der Waals surface area contributed by atoms with E-state index < -0.39 is 6.10 Å². The average molecular weight is 323 g/mol. The summed E-state index contributed by atoms with van der Waals surface area (Å²) in [5.74, 6) is -0.247. The lowest BCUT2D eigenvalue weighted by Gasteiger charge is -2.24. The van der Waals surface area contributed by atoms with Crippen molar-refractivity contribution in [2.24, 2.45) is 5.10 Å². The average Bonchev–Trinajstić information content (AvgIpc) is 2.61. The zero-order valence-corrected chi connectivity index (χ0v) is 13.9. The highest BCUT2D eigenvalue weighted by Crippen LogP contribution is 2.26. The van der Waals surface area contributed by atoms with Gasteiger partial charge in [0.05, 0.1) is 12.8 Å². The first-order valence-electron chi connectivity index (χ1n) is 7.95.